The topological polar surface area (TPSA) is 345 Å². The quantitative estimate of drug-likeness (QED) is 0.206. The molecule has 16 nitrogen and oxygen atoms in total. The maximum Gasteiger partial charge on any atom is 4.00 e. The summed E-state index contributed by atoms with van der Waals surface area (Å²) in [5, 5.41) is 0. The Kier molecular flexibility index (Phi) is 37.7. The smallest absolute Gasteiger partial charge is 4.00 e. The van der Waals surface area contributed by atoms with Gasteiger partial charge in [-0.1, -0.05) is 0 Å². The van der Waals surface area contributed by atoms with E-state index in [1.807, 2.05) is 0 Å². The van der Waals surface area contributed by atoms with Crippen LogP contribution < -0.4 is 49.1 Å². The molecule has 0 N–H and O–H groups in total. The number of hydrogen-bond donors (Lipinski definition) is 0. The van der Waals surface area contributed by atoms with Gasteiger partial charge in [-0.3, -0.25) is 0 Å². The second kappa shape index (κ2) is 19.3. The normalized spacial score (nSPS) is 10.3. The summed E-state index contributed by atoms with van der Waals surface area (Å²) in [6.07, 6.45) is 0. The Balaban J connectivity index is -0.0000000284. The Morgan fingerprint density at radius 2 is 0.304 bits per heavy atom. The molecule has 0 bridgehead atoms. The van der Waals surface area contributed by atoms with Gasteiger partial charge >= 0.3 is 175 Å². The minimum Gasteiger partial charge on any atom is 4.00 e. The van der Waals surface area contributed by atoms with Crippen LogP contribution in [0.3, 0.4) is 0 Å². The molecular weight excluding hydrogens is 774 g/mol. The fourth-order valence-electron chi connectivity index (χ4n) is 0. The average molecular weight is 774 g/mol. The summed E-state index contributed by atoms with van der Waals surface area (Å²) in [7, 11) is 0. The summed E-state index contributed by atoms with van der Waals surface area (Å²) < 4.78 is 138. The van der Waals surface area contributed by atoms with E-state index in [9.17, 15) is 0 Å². The minimum absolute atomic E-state index is 0. The van der Waals surface area contributed by atoms with Gasteiger partial charge in [0, 0.05) is 0 Å². The summed E-state index contributed by atoms with van der Waals surface area (Å²) in [5.74, 6) is 0. The second-order valence-corrected chi connectivity index (χ2v) is 9.30. The van der Waals surface area contributed by atoms with Crippen LogP contribution in [0.4, 0.5) is 0 Å². The van der Waals surface area contributed by atoms with Crippen molar-refractivity contribution in [3.8, 4) is 0 Å². The van der Waals surface area contributed by atoms with Crippen LogP contribution in [0.5, 0.6) is 0 Å². The van der Waals surface area contributed by atoms with Gasteiger partial charge < -0.3 is 0 Å². The number of rotatable bonds is 0. The van der Waals surface area contributed by atoms with Crippen LogP contribution >= 0.6 is 0 Å². The molecule has 0 atom stereocenters. The molecule has 23 heavy (non-hydrogen) atoms. The van der Waals surface area contributed by atoms with Crippen LogP contribution in [0, 0.1) is 0 Å². The first kappa shape index (κ1) is 44.8. The first-order chi connectivity index (χ1) is 8.00. The molecule has 0 rings (SSSR count). The molecule has 0 amide bonds. The fraction of sp³-hybridized carbons (Fsp3) is 0. The fourth-order valence-corrected chi connectivity index (χ4v) is 0. The van der Waals surface area contributed by atoms with Gasteiger partial charge in [-0.25, -0.2) is 0 Å². The zero-order chi connectivity index (χ0) is 18.0. The molecule has 0 unspecified atom stereocenters. The predicted molar refractivity (Wildman–Crippen MR) is 43.0 cm³/mol. The zero-order valence-electron chi connectivity index (χ0n) is 9.82. The summed E-state index contributed by atoms with van der Waals surface area (Å²) in [6, 6.07) is 0. The molecule has 0 aliphatic rings. The van der Waals surface area contributed by atoms with E-state index >= 15 is 0 Å². The van der Waals surface area contributed by atoms with E-state index in [0.29, 0.717) is 0 Å². The van der Waals surface area contributed by atoms with Gasteiger partial charge in [0.05, 0.1) is 0 Å². The maximum atomic E-state index is 8.61. The standard InChI is InChI=1S/4AsH3O4.3Ge/c4*2-1(3,4)5;;;/h4*(H3,2,3,4,5);;;/q;;;;3*+4/p-12. The SMILES string of the molecule is O=[As]([O-])([O-])[O-].O=[As]([O-])([O-])[O-].O=[As]([O-])([O-])[O-].O=[As]([O-])([O-])[O-].[Ge+4].[Ge+4].[Ge+4]. The van der Waals surface area contributed by atoms with E-state index in [2.05, 4.69) is 0 Å². The van der Waals surface area contributed by atoms with Crippen LogP contribution in [-0.4, -0.2) is 111 Å². The van der Waals surface area contributed by atoms with Crippen molar-refractivity contribution in [1.29, 1.82) is 0 Å². The monoisotopic (exact) mass is 777 g/mol. The van der Waals surface area contributed by atoms with Crippen LogP contribution in [0.1, 0.15) is 0 Å². The van der Waals surface area contributed by atoms with Gasteiger partial charge in [0.15, 0.2) is 0 Å². The van der Waals surface area contributed by atoms with Crippen molar-refractivity contribution in [2.24, 2.45) is 0 Å². The van der Waals surface area contributed by atoms with Crippen molar-refractivity contribution in [3.05, 3.63) is 0 Å². The van der Waals surface area contributed by atoms with Crippen LogP contribution in [0.25, 0.3) is 0 Å². The van der Waals surface area contributed by atoms with Gasteiger partial charge in [0.2, 0.25) is 0 Å². The molecule has 0 aliphatic carbocycles. The Hall–Kier alpha value is 2.58. The van der Waals surface area contributed by atoms with E-state index in [0.717, 1.165) is 0 Å². The molecule has 0 aromatic carbocycles. The zero-order valence-corrected chi connectivity index (χ0v) is 23.6. The van der Waals surface area contributed by atoms with Gasteiger partial charge in [-0.2, -0.15) is 0 Å². The summed E-state index contributed by atoms with van der Waals surface area (Å²) >= 11 is -23.5. The van der Waals surface area contributed by atoms with E-state index < -0.39 is 58.1 Å². The predicted octanol–water partition coefficient (Wildman–Crippen LogP) is -17.4. The summed E-state index contributed by atoms with van der Waals surface area (Å²) in [5.41, 5.74) is 0. The molecule has 0 aromatic rings. The molecule has 0 aliphatic heterocycles. The van der Waals surface area contributed by atoms with Crippen molar-refractivity contribution in [2.45, 2.75) is 0 Å². The molecular formula is As4Ge3O16. The Bertz CT molecular complexity index is 292. The molecule has 0 saturated carbocycles. The van der Waals surface area contributed by atoms with Crippen molar-refractivity contribution < 1.29 is 64.1 Å². The van der Waals surface area contributed by atoms with E-state index in [1.54, 1.807) is 0 Å². The van der Waals surface area contributed by atoms with Gasteiger partial charge in [-0.15, -0.1) is 0 Å². The maximum absolute atomic E-state index is 8.61. The molecule has 0 fully saturated rings. The number of hydrogen-bond acceptors (Lipinski definition) is 16. The Morgan fingerprint density at radius 3 is 0.304 bits per heavy atom. The third-order valence-electron chi connectivity index (χ3n) is 0. The van der Waals surface area contributed by atoms with Crippen LogP contribution in [-0.2, 0) is 15.0 Å². The molecule has 23 heteroatoms. The molecule has 128 valence electrons. The minimum atomic E-state index is -5.88. The first-order valence-corrected chi connectivity index (χ1v) is 15.2. The molecule has 0 saturated heterocycles. The molecule has 0 radical (unpaired) electrons. The summed E-state index contributed by atoms with van der Waals surface area (Å²) in [4.78, 5) is 0. The van der Waals surface area contributed by atoms with E-state index in [4.69, 9.17) is 64.1 Å². The largest absolute Gasteiger partial charge is 4.00 e. The third kappa shape index (κ3) is 1880. The Labute approximate surface area is 173 Å². The Morgan fingerprint density at radius 1 is 0.304 bits per heavy atom. The van der Waals surface area contributed by atoms with Crippen molar-refractivity contribution >= 4 is 111 Å². The first-order valence-electron chi connectivity index (χ1n) is 2.92. The van der Waals surface area contributed by atoms with Crippen molar-refractivity contribution in [2.75, 3.05) is 0 Å². The van der Waals surface area contributed by atoms with Crippen molar-refractivity contribution in [1.82, 2.24) is 0 Å². The average Bonchev–Trinajstić information content (AvgIpc) is 1.62. The second-order valence-electron chi connectivity index (χ2n) is 1.79. The third-order valence-corrected chi connectivity index (χ3v) is 0. The van der Waals surface area contributed by atoms with Gasteiger partial charge in [0.1, 0.15) is 0 Å². The van der Waals surface area contributed by atoms with Crippen LogP contribution in [0.2, 0.25) is 0 Å². The van der Waals surface area contributed by atoms with E-state index in [1.165, 1.54) is 0 Å². The molecule has 0 spiro atoms. The molecule has 0 heterocycles. The van der Waals surface area contributed by atoms with Crippen molar-refractivity contribution in [3.63, 3.8) is 0 Å². The summed E-state index contributed by atoms with van der Waals surface area (Å²) in [6.45, 7) is 0. The van der Waals surface area contributed by atoms with E-state index in [-0.39, 0.29) is 52.8 Å². The van der Waals surface area contributed by atoms with Crippen LogP contribution in [0.15, 0.2) is 0 Å². The van der Waals surface area contributed by atoms with Gasteiger partial charge in [-0.05, 0) is 0 Å². The van der Waals surface area contributed by atoms with Gasteiger partial charge in [0.25, 0.3) is 0 Å². The molecule has 0 aromatic heterocycles.